The summed E-state index contributed by atoms with van der Waals surface area (Å²) in [6.45, 7) is 2.67. The Morgan fingerprint density at radius 3 is 2.93 bits per heavy atom. The standard InChI is InChI=1S/C10H17N3O2/c1-8-9(7-12-13-8)10(15)11-5-3-2-4-6-14/h7,14H,2-6H2,1H3,(H,11,15)(H,12,13). The number of hydrogen-bond donors (Lipinski definition) is 3. The molecule has 15 heavy (non-hydrogen) atoms. The van der Waals surface area contributed by atoms with Crippen LogP contribution in [0.15, 0.2) is 6.20 Å². The van der Waals surface area contributed by atoms with Gasteiger partial charge in [0, 0.05) is 18.8 Å². The van der Waals surface area contributed by atoms with Crippen molar-refractivity contribution in [1.29, 1.82) is 0 Å². The van der Waals surface area contributed by atoms with Gasteiger partial charge < -0.3 is 10.4 Å². The van der Waals surface area contributed by atoms with E-state index in [-0.39, 0.29) is 12.5 Å². The molecule has 0 radical (unpaired) electrons. The van der Waals surface area contributed by atoms with Gasteiger partial charge in [-0.15, -0.1) is 0 Å². The summed E-state index contributed by atoms with van der Waals surface area (Å²) in [7, 11) is 0. The monoisotopic (exact) mass is 211 g/mol. The minimum absolute atomic E-state index is 0.0924. The molecule has 0 saturated carbocycles. The third kappa shape index (κ3) is 3.71. The fourth-order valence-corrected chi connectivity index (χ4v) is 1.29. The van der Waals surface area contributed by atoms with Crippen LogP contribution in [0.4, 0.5) is 0 Å². The smallest absolute Gasteiger partial charge is 0.254 e. The Morgan fingerprint density at radius 1 is 1.53 bits per heavy atom. The van der Waals surface area contributed by atoms with Crippen molar-refractivity contribution in [3.05, 3.63) is 17.5 Å². The summed E-state index contributed by atoms with van der Waals surface area (Å²) in [6, 6.07) is 0. The van der Waals surface area contributed by atoms with Crippen LogP contribution >= 0.6 is 0 Å². The number of aryl methyl sites for hydroxylation is 1. The molecular formula is C10H17N3O2. The zero-order chi connectivity index (χ0) is 11.1. The first-order chi connectivity index (χ1) is 7.25. The Kier molecular flexibility index (Phi) is 4.83. The molecule has 0 fully saturated rings. The quantitative estimate of drug-likeness (QED) is 0.603. The lowest BCUT2D eigenvalue weighted by molar-refractivity contribution is 0.0952. The minimum atomic E-state index is -0.0924. The van der Waals surface area contributed by atoms with E-state index in [1.165, 1.54) is 6.20 Å². The van der Waals surface area contributed by atoms with E-state index in [1.807, 2.05) is 6.92 Å². The van der Waals surface area contributed by atoms with Crippen LogP contribution in [0.2, 0.25) is 0 Å². The second-order valence-electron chi connectivity index (χ2n) is 3.45. The average Bonchev–Trinajstić information content (AvgIpc) is 2.64. The van der Waals surface area contributed by atoms with Gasteiger partial charge >= 0.3 is 0 Å². The number of rotatable bonds is 6. The Labute approximate surface area is 88.9 Å². The molecule has 3 N–H and O–H groups in total. The van der Waals surface area contributed by atoms with Gasteiger partial charge in [0.05, 0.1) is 11.8 Å². The molecule has 0 aliphatic carbocycles. The number of hydrogen-bond acceptors (Lipinski definition) is 3. The topological polar surface area (TPSA) is 78.0 Å². The first-order valence-electron chi connectivity index (χ1n) is 5.14. The molecule has 1 heterocycles. The number of amides is 1. The highest BCUT2D eigenvalue weighted by atomic mass is 16.2. The van der Waals surface area contributed by atoms with Crippen LogP contribution in [-0.2, 0) is 0 Å². The van der Waals surface area contributed by atoms with Gasteiger partial charge in [-0.05, 0) is 26.2 Å². The summed E-state index contributed by atoms with van der Waals surface area (Å²) in [5.41, 5.74) is 1.38. The summed E-state index contributed by atoms with van der Waals surface area (Å²) in [5.74, 6) is -0.0924. The predicted octanol–water partition coefficient (Wildman–Crippen LogP) is 0.611. The lowest BCUT2D eigenvalue weighted by Crippen LogP contribution is -2.24. The van der Waals surface area contributed by atoms with E-state index in [1.54, 1.807) is 0 Å². The van der Waals surface area contributed by atoms with Crippen molar-refractivity contribution < 1.29 is 9.90 Å². The summed E-state index contributed by atoms with van der Waals surface area (Å²) in [6.07, 6.45) is 4.14. The minimum Gasteiger partial charge on any atom is -0.396 e. The second-order valence-corrected chi connectivity index (χ2v) is 3.45. The van der Waals surface area contributed by atoms with Gasteiger partial charge in [0.15, 0.2) is 0 Å². The van der Waals surface area contributed by atoms with Gasteiger partial charge in [0.2, 0.25) is 0 Å². The van der Waals surface area contributed by atoms with Gasteiger partial charge in [-0.3, -0.25) is 9.89 Å². The Balaban J connectivity index is 2.22. The Hall–Kier alpha value is -1.36. The molecule has 1 rings (SSSR count). The molecule has 0 saturated heterocycles. The molecule has 84 valence electrons. The molecule has 1 aromatic heterocycles. The normalized spacial score (nSPS) is 10.3. The fourth-order valence-electron chi connectivity index (χ4n) is 1.29. The van der Waals surface area contributed by atoms with E-state index in [2.05, 4.69) is 15.5 Å². The van der Waals surface area contributed by atoms with E-state index in [4.69, 9.17) is 5.11 Å². The molecule has 1 aromatic rings. The molecule has 1 amide bonds. The van der Waals surface area contributed by atoms with Gasteiger partial charge in [-0.2, -0.15) is 5.10 Å². The third-order valence-electron chi connectivity index (χ3n) is 2.19. The molecule has 0 atom stereocenters. The SMILES string of the molecule is Cc1[nH]ncc1C(=O)NCCCCCO. The number of aliphatic hydroxyl groups excluding tert-OH is 1. The number of carbonyl (C=O) groups is 1. The molecule has 0 aromatic carbocycles. The number of carbonyl (C=O) groups excluding carboxylic acids is 1. The third-order valence-corrected chi connectivity index (χ3v) is 2.19. The molecule has 5 heteroatoms. The van der Waals surface area contributed by atoms with E-state index in [0.717, 1.165) is 25.0 Å². The van der Waals surface area contributed by atoms with Crippen LogP contribution < -0.4 is 5.32 Å². The van der Waals surface area contributed by atoms with Gasteiger partial charge in [-0.25, -0.2) is 0 Å². The van der Waals surface area contributed by atoms with Crippen molar-refractivity contribution >= 4 is 5.91 Å². The summed E-state index contributed by atoms with van der Waals surface area (Å²) >= 11 is 0. The first kappa shape index (κ1) is 11.7. The van der Waals surface area contributed by atoms with Crippen molar-refractivity contribution in [1.82, 2.24) is 15.5 Å². The van der Waals surface area contributed by atoms with Gasteiger partial charge in [0.25, 0.3) is 5.91 Å². The highest BCUT2D eigenvalue weighted by Crippen LogP contribution is 2.02. The van der Waals surface area contributed by atoms with Gasteiger partial charge in [0.1, 0.15) is 0 Å². The summed E-state index contributed by atoms with van der Waals surface area (Å²) in [4.78, 5) is 11.5. The fraction of sp³-hybridized carbons (Fsp3) is 0.600. The number of aromatic amines is 1. The van der Waals surface area contributed by atoms with E-state index >= 15 is 0 Å². The van der Waals surface area contributed by atoms with Crippen molar-refractivity contribution in [3.63, 3.8) is 0 Å². The number of unbranched alkanes of at least 4 members (excludes halogenated alkanes) is 2. The lowest BCUT2D eigenvalue weighted by atomic mass is 10.2. The summed E-state index contributed by atoms with van der Waals surface area (Å²) < 4.78 is 0. The highest BCUT2D eigenvalue weighted by molar-refractivity contribution is 5.94. The summed E-state index contributed by atoms with van der Waals surface area (Å²) in [5, 5.41) is 17.9. The van der Waals surface area contributed by atoms with Crippen molar-refractivity contribution in [3.8, 4) is 0 Å². The maximum Gasteiger partial charge on any atom is 0.254 e. The van der Waals surface area contributed by atoms with E-state index in [0.29, 0.717) is 12.1 Å². The largest absolute Gasteiger partial charge is 0.396 e. The maximum atomic E-state index is 11.5. The number of aliphatic hydroxyl groups is 1. The lowest BCUT2D eigenvalue weighted by Gasteiger charge is -2.03. The Morgan fingerprint density at radius 2 is 2.33 bits per heavy atom. The second kappa shape index (κ2) is 6.19. The predicted molar refractivity (Wildman–Crippen MR) is 56.6 cm³/mol. The number of nitrogens with zero attached hydrogens (tertiary/aromatic N) is 1. The van der Waals surface area contributed by atoms with Crippen molar-refractivity contribution in [2.45, 2.75) is 26.2 Å². The van der Waals surface area contributed by atoms with E-state index in [9.17, 15) is 4.79 Å². The number of aromatic nitrogens is 2. The molecule has 5 nitrogen and oxygen atoms in total. The van der Waals surface area contributed by atoms with E-state index < -0.39 is 0 Å². The molecule has 0 aliphatic heterocycles. The maximum absolute atomic E-state index is 11.5. The molecule has 0 spiro atoms. The van der Waals surface area contributed by atoms with Crippen LogP contribution in [0.3, 0.4) is 0 Å². The van der Waals surface area contributed by atoms with Gasteiger partial charge in [-0.1, -0.05) is 0 Å². The molecule has 0 aliphatic rings. The molecule has 0 bridgehead atoms. The van der Waals surface area contributed by atoms with Crippen LogP contribution in [-0.4, -0.2) is 34.4 Å². The van der Waals surface area contributed by atoms with Crippen LogP contribution in [0.25, 0.3) is 0 Å². The highest BCUT2D eigenvalue weighted by Gasteiger charge is 2.09. The van der Waals surface area contributed by atoms with Crippen molar-refractivity contribution in [2.24, 2.45) is 0 Å². The Bertz CT molecular complexity index is 309. The average molecular weight is 211 g/mol. The first-order valence-corrected chi connectivity index (χ1v) is 5.14. The number of nitrogens with one attached hydrogen (secondary N) is 2. The van der Waals surface area contributed by atoms with Crippen molar-refractivity contribution in [2.75, 3.05) is 13.2 Å². The zero-order valence-electron chi connectivity index (χ0n) is 8.92. The van der Waals surface area contributed by atoms with Crippen LogP contribution in [0, 0.1) is 6.92 Å². The van der Waals surface area contributed by atoms with Crippen LogP contribution in [0.1, 0.15) is 35.3 Å². The molecule has 0 unspecified atom stereocenters. The number of H-pyrrole nitrogens is 1. The molecular weight excluding hydrogens is 194 g/mol. The zero-order valence-corrected chi connectivity index (χ0v) is 8.92. The van der Waals surface area contributed by atoms with Crippen LogP contribution in [0.5, 0.6) is 0 Å².